The molecule has 0 aromatic carbocycles. The molecule has 0 spiro atoms. The SMILES string of the molecule is CC(=O)O[C@H](C)c1csc2c1C(=O)c1cc([C@@H](C)O)sc1C2=O. The summed E-state index contributed by atoms with van der Waals surface area (Å²) < 4.78 is 5.14. The third-order valence-corrected chi connectivity index (χ3v) is 5.95. The predicted molar refractivity (Wildman–Crippen MR) is 86.3 cm³/mol. The lowest BCUT2D eigenvalue weighted by Crippen LogP contribution is -2.19. The minimum Gasteiger partial charge on any atom is -0.458 e. The largest absolute Gasteiger partial charge is 0.458 e. The molecule has 120 valence electrons. The van der Waals surface area contributed by atoms with E-state index in [0.29, 0.717) is 31.3 Å². The highest BCUT2D eigenvalue weighted by Gasteiger charge is 2.37. The molecule has 5 nitrogen and oxygen atoms in total. The van der Waals surface area contributed by atoms with Gasteiger partial charge < -0.3 is 9.84 Å². The molecule has 2 aromatic heterocycles. The highest BCUT2D eigenvalue weighted by molar-refractivity contribution is 7.18. The molecule has 0 aliphatic heterocycles. The molecule has 0 saturated heterocycles. The van der Waals surface area contributed by atoms with Crippen LogP contribution in [0.2, 0.25) is 0 Å². The molecule has 7 heteroatoms. The van der Waals surface area contributed by atoms with Crippen molar-refractivity contribution in [3.05, 3.63) is 42.8 Å². The van der Waals surface area contributed by atoms with Crippen molar-refractivity contribution in [1.29, 1.82) is 0 Å². The Bertz CT molecular complexity index is 828. The van der Waals surface area contributed by atoms with Gasteiger partial charge in [0.05, 0.1) is 21.4 Å². The van der Waals surface area contributed by atoms with Crippen LogP contribution in [0.15, 0.2) is 11.4 Å². The third kappa shape index (κ3) is 2.54. The fourth-order valence-corrected chi connectivity index (χ4v) is 4.77. The number of hydrogen-bond acceptors (Lipinski definition) is 7. The zero-order valence-electron chi connectivity index (χ0n) is 12.7. The van der Waals surface area contributed by atoms with Crippen LogP contribution in [0.5, 0.6) is 0 Å². The maximum absolute atomic E-state index is 12.8. The Morgan fingerprint density at radius 2 is 1.91 bits per heavy atom. The molecular weight excluding hydrogens is 336 g/mol. The third-order valence-electron chi connectivity index (χ3n) is 3.65. The van der Waals surface area contributed by atoms with Crippen molar-refractivity contribution in [1.82, 2.24) is 0 Å². The number of aliphatic hydroxyl groups excluding tert-OH is 1. The molecule has 2 atom stereocenters. The van der Waals surface area contributed by atoms with Crippen LogP contribution in [0.1, 0.15) is 73.9 Å². The van der Waals surface area contributed by atoms with Gasteiger partial charge in [-0.25, -0.2) is 0 Å². The molecule has 0 unspecified atom stereocenters. The van der Waals surface area contributed by atoms with Crippen LogP contribution >= 0.6 is 22.7 Å². The van der Waals surface area contributed by atoms with Crippen molar-refractivity contribution in [2.24, 2.45) is 0 Å². The summed E-state index contributed by atoms with van der Waals surface area (Å²) in [5.41, 5.74) is 1.18. The second-order valence-electron chi connectivity index (χ2n) is 5.37. The van der Waals surface area contributed by atoms with Gasteiger partial charge in [0.25, 0.3) is 0 Å². The highest BCUT2D eigenvalue weighted by atomic mass is 32.1. The van der Waals surface area contributed by atoms with Crippen LogP contribution < -0.4 is 0 Å². The first-order valence-corrected chi connectivity index (χ1v) is 8.70. The Labute approximate surface area is 140 Å². The van der Waals surface area contributed by atoms with E-state index in [4.69, 9.17) is 4.74 Å². The van der Waals surface area contributed by atoms with Crippen LogP contribution in [0, 0.1) is 0 Å². The smallest absolute Gasteiger partial charge is 0.303 e. The molecule has 2 heterocycles. The Hall–Kier alpha value is -1.83. The molecule has 1 aliphatic rings. The van der Waals surface area contributed by atoms with Gasteiger partial charge >= 0.3 is 5.97 Å². The molecule has 1 aliphatic carbocycles. The van der Waals surface area contributed by atoms with Crippen molar-refractivity contribution in [2.45, 2.75) is 33.0 Å². The number of carbonyl (C=O) groups excluding carboxylic acids is 3. The van der Waals surface area contributed by atoms with Gasteiger partial charge in [-0.1, -0.05) is 0 Å². The number of rotatable bonds is 3. The maximum atomic E-state index is 12.8. The van der Waals surface area contributed by atoms with Gasteiger partial charge in [0.2, 0.25) is 5.78 Å². The summed E-state index contributed by atoms with van der Waals surface area (Å²) in [4.78, 5) is 37.9. The van der Waals surface area contributed by atoms with Crippen molar-refractivity contribution < 1.29 is 24.2 Å². The van der Waals surface area contributed by atoms with Gasteiger partial charge in [0.15, 0.2) is 5.78 Å². The second kappa shape index (κ2) is 5.67. The number of ketones is 2. The zero-order valence-corrected chi connectivity index (χ0v) is 14.3. The Balaban J connectivity index is 2.10. The lowest BCUT2D eigenvalue weighted by molar-refractivity contribution is -0.145. The van der Waals surface area contributed by atoms with Crippen LogP contribution in [0.25, 0.3) is 0 Å². The van der Waals surface area contributed by atoms with Crippen LogP contribution in [0.3, 0.4) is 0 Å². The first-order valence-electron chi connectivity index (χ1n) is 7.01. The Kier molecular flexibility index (Phi) is 3.95. The van der Waals surface area contributed by atoms with Crippen LogP contribution in [-0.4, -0.2) is 22.6 Å². The second-order valence-corrected chi connectivity index (χ2v) is 7.34. The van der Waals surface area contributed by atoms with Crippen molar-refractivity contribution in [3.63, 3.8) is 0 Å². The highest BCUT2D eigenvalue weighted by Crippen LogP contribution is 2.41. The van der Waals surface area contributed by atoms with E-state index in [-0.39, 0.29) is 11.6 Å². The summed E-state index contributed by atoms with van der Waals surface area (Å²) in [7, 11) is 0. The molecule has 0 saturated carbocycles. The van der Waals surface area contributed by atoms with E-state index in [1.807, 2.05) is 0 Å². The number of carbonyl (C=O) groups is 3. The first-order chi connectivity index (χ1) is 10.8. The van der Waals surface area contributed by atoms with E-state index in [0.717, 1.165) is 11.3 Å². The Morgan fingerprint density at radius 3 is 2.52 bits per heavy atom. The van der Waals surface area contributed by atoms with Crippen LogP contribution in [-0.2, 0) is 9.53 Å². The van der Waals surface area contributed by atoms with Gasteiger partial charge in [0.1, 0.15) is 6.10 Å². The number of aliphatic hydroxyl groups is 1. The maximum Gasteiger partial charge on any atom is 0.303 e. The van der Waals surface area contributed by atoms with E-state index in [2.05, 4.69) is 0 Å². The summed E-state index contributed by atoms with van der Waals surface area (Å²) in [6, 6.07) is 1.58. The minimum atomic E-state index is -0.733. The van der Waals surface area contributed by atoms with E-state index in [1.54, 1.807) is 25.3 Å². The van der Waals surface area contributed by atoms with Crippen LogP contribution in [0.4, 0.5) is 0 Å². The average Bonchev–Trinajstić information content (AvgIpc) is 3.09. The quantitative estimate of drug-likeness (QED) is 0.733. The minimum absolute atomic E-state index is 0.210. The molecule has 2 aromatic rings. The fourth-order valence-electron chi connectivity index (χ4n) is 2.58. The number of thiophene rings is 2. The monoisotopic (exact) mass is 350 g/mol. The lowest BCUT2D eigenvalue weighted by Gasteiger charge is -2.15. The number of fused-ring (bicyclic) bond motifs is 2. The molecule has 0 fully saturated rings. The summed E-state index contributed by atoms with van der Waals surface area (Å²) in [6.45, 7) is 4.57. The predicted octanol–water partition coefficient (Wildman–Crippen LogP) is 3.26. The van der Waals surface area contributed by atoms with Crippen molar-refractivity contribution in [3.8, 4) is 0 Å². The summed E-state index contributed by atoms with van der Waals surface area (Å²) in [6.07, 6.45) is -1.33. The topological polar surface area (TPSA) is 80.7 Å². The normalized spacial score (nSPS) is 15.8. The fraction of sp³-hybridized carbons (Fsp3) is 0.312. The lowest BCUT2D eigenvalue weighted by atomic mass is 9.91. The number of hydrogen-bond donors (Lipinski definition) is 1. The molecule has 23 heavy (non-hydrogen) atoms. The van der Waals surface area contributed by atoms with E-state index in [9.17, 15) is 19.5 Å². The molecule has 0 amide bonds. The molecule has 1 N–H and O–H groups in total. The van der Waals surface area contributed by atoms with E-state index < -0.39 is 18.2 Å². The molecule has 0 bridgehead atoms. The molecule has 0 radical (unpaired) electrons. The van der Waals surface area contributed by atoms with Crippen molar-refractivity contribution >= 4 is 40.2 Å². The van der Waals surface area contributed by atoms with E-state index >= 15 is 0 Å². The molecule has 3 rings (SSSR count). The van der Waals surface area contributed by atoms with Gasteiger partial charge in [-0.15, -0.1) is 22.7 Å². The van der Waals surface area contributed by atoms with Gasteiger partial charge in [-0.2, -0.15) is 0 Å². The Morgan fingerprint density at radius 1 is 1.22 bits per heavy atom. The summed E-state index contributed by atoms with van der Waals surface area (Å²) in [5.74, 6) is -0.912. The summed E-state index contributed by atoms with van der Waals surface area (Å²) in [5, 5.41) is 11.4. The van der Waals surface area contributed by atoms with Gasteiger partial charge in [-0.3, -0.25) is 14.4 Å². The van der Waals surface area contributed by atoms with E-state index in [1.165, 1.54) is 18.3 Å². The first kappa shape index (κ1) is 16.0. The zero-order chi connectivity index (χ0) is 16.9. The van der Waals surface area contributed by atoms with Gasteiger partial charge in [-0.05, 0) is 25.3 Å². The standard InChI is InChI=1S/C16H14O5S2/c1-6(17)11-4-9-13(19)12-10(7(2)21-8(3)18)5-22-16(12)14(20)15(9)23-11/h4-7,17H,1-3H3/t6-,7-/m1/s1. The van der Waals surface area contributed by atoms with Gasteiger partial charge in [0, 0.05) is 22.9 Å². The number of ether oxygens (including phenoxy) is 1. The average molecular weight is 350 g/mol. The molecular formula is C16H14O5S2. The van der Waals surface area contributed by atoms with Crippen molar-refractivity contribution in [2.75, 3.05) is 0 Å². The number of esters is 1. The summed E-state index contributed by atoms with van der Waals surface area (Å²) >= 11 is 2.33.